The molecule has 0 bridgehead atoms. The van der Waals surface area contributed by atoms with E-state index in [1.54, 1.807) is 37.5 Å². The second kappa shape index (κ2) is 7.83. The molecule has 25 heavy (non-hydrogen) atoms. The number of nitriles is 1. The van der Waals surface area contributed by atoms with Gasteiger partial charge in [0.2, 0.25) is 5.88 Å². The highest BCUT2D eigenvalue weighted by Gasteiger charge is 2.18. The van der Waals surface area contributed by atoms with Gasteiger partial charge in [0.05, 0.1) is 29.1 Å². The standard InChI is InChI=1S/C18H18N4O2S/c1-5-14(10-19)7-6-12(2)17-13(3)21-22(18(17)23)16-9-8-15(11-20-16)25(4)24/h5-9,11,23H,1H2,2-4H3/b12-6+,14-7+/t25-/m0/s1. The zero-order chi connectivity index (χ0) is 18.6. The first kappa shape index (κ1) is 18.5. The molecule has 0 aliphatic rings. The molecule has 7 heteroatoms. The van der Waals surface area contributed by atoms with Crippen molar-refractivity contribution >= 4 is 16.7 Å². The Morgan fingerprint density at radius 1 is 1.44 bits per heavy atom. The summed E-state index contributed by atoms with van der Waals surface area (Å²) in [6.45, 7) is 7.16. The van der Waals surface area contributed by atoms with Crippen LogP contribution in [0.1, 0.15) is 18.2 Å². The molecule has 6 nitrogen and oxygen atoms in total. The monoisotopic (exact) mass is 354 g/mol. The molecule has 0 aromatic carbocycles. The van der Waals surface area contributed by atoms with Gasteiger partial charge in [-0.2, -0.15) is 15.0 Å². The molecule has 1 N–H and O–H groups in total. The molecule has 0 saturated carbocycles. The molecule has 0 saturated heterocycles. The minimum absolute atomic E-state index is 0.0466. The number of nitrogens with zero attached hydrogens (tertiary/aromatic N) is 4. The summed E-state index contributed by atoms with van der Waals surface area (Å²) in [6.07, 6.45) is 7.89. The maximum atomic E-state index is 11.4. The van der Waals surface area contributed by atoms with Crippen molar-refractivity contribution in [1.82, 2.24) is 14.8 Å². The molecule has 0 radical (unpaired) electrons. The SMILES string of the molecule is C=C/C(C#N)=C\C=C(/C)c1c(C)nn(-c2ccc([S@+](C)[O-])cn2)c1O. The average molecular weight is 354 g/mol. The van der Waals surface area contributed by atoms with Gasteiger partial charge < -0.3 is 9.66 Å². The predicted molar refractivity (Wildman–Crippen MR) is 97.6 cm³/mol. The van der Waals surface area contributed by atoms with Crippen LogP contribution in [-0.2, 0) is 11.2 Å². The predicted octanol–water partition coefficient (Wildman–Crippen LogP) is 3.06. The summed E-state index contributed by atoms with van der Waals surface area (Å²) in [5.41, 5.74) is 2.38. The molecule has 2 aromatic rings. The molecule has 0 aliphatic heterocycles. The first-order chi connectivity index (χ1) is 11.9. The van der Waals surface area contributed by atoms with Crippen LogP contribution in [0.25, 0.3) is 11.4 Å². The normalized spacial score (nSPS) is 13.4. The molecule has 2 rings (SSSR count). The van der Waals surface area contributed by atoms with Gasteiger partial charge in [0.15, 0.2) is 10.7 Å². The molecule has 2 aromatic heterocycles. The van der Waals surface area contributed by atoms with Gasteiger partial charge >= 0.3 is 0 Å². The zero-order valence-corrected chi connectivity index (χ0v) is 15.0. The maximum absolute atomic E-state index is 11.4. The Morgan fingerprint density at radius 2 is 2.16 bits per heavy atom. The number of aromatic hydroxyl groups is 1. The number of aryl methyl sites for hydroxylation is 1. The van der Waals surface area contributed by atoms with Crippen LogP contribution < -0.4 is 0 Å². The second-order valence-electron chi connectivity index (χ2n) is 5.29. The van der Waals surface area contributed by atoms with Crippen LogP contribution in [0.2, 0.25) is 0 Å². The number of allylic oxidation sites excluding steroid dienone is 5. The fourth-order valence-electron chi connectivity index (χ4n) is 2.25. The Hall–Kier alpha value is -2.82. The van der Waals surface area contributed by atoms with Crippen LogP contribution in [0.15, 0.2) is 53.6 Å². The summed E-state index contributed by atoms with van der Waals surface area (Å²) < 4.78 is 12.8. The van der Waals surface area contributed by atoms with Crippen molar-refractivity contribution in [2.45, 2.75) is 18.7 Å². The van der Waals surface area contributed by atoms with Crippen molar-refractivity contribution in [3.05, 3.63) is 60.0 Å². The van der Waals surface area contributed by atoms with Gasteiger partial charge in [-0.3, -0.25) is 0 Å². The highest BCUT2D eigenvalue weighted by Crippen LogP contribution is 2.30. The smallest absolute Gasteiger partial charge is 0.223 e. The van der Waals surface area contributed by atoms with Crippen molar-refractivity contribution in [3.63, 3.8) is 0 Å². The van der Waals surface area contributed by atoms with Gasteiger partial charge in [0.25, 0.3) is 0 Å². The van der Waals surface area contributed by atoms with Crippen LogP contribution in [0.5, 0.6) is 5.88 Å². The Bertz CT molecular complexity index is 887. The molecule has 0 amide bonds. The van der Waals surface area contributed by atoms with Gasteiger partial charge in [-0.05, 0) is 48.8 Å². The molecule has 2 heterocycles. The van der Waals surface area contributed by atoms with Crippen LogP contribution >= 0.6 is 0 Å². The van der Waals surface area contributed by atoms with Gasteiger partial charge in [-0.15, -0.1) is 0 Å². The van der Waals surface area contributed by atoms with E-state index in [2.05, 4.69) is 16.7 Å². The van der Waals surface area contributed by atoms with Gasteiger partial charge in [0.1, 0.15) is 6.26 Å². The molecule has 0 spiro atoms. The average Bonchev–Trinajstić information content (AvgIpc) is 2.90. The van der Waals surface area contributed by atoms with Gasteiger partial charge in [0, 0.05) is 0 Å². The number of rotatable bonds is 5. The van der Waals surface area contributed by atoms with E-state index in [4.69, 9.17) is 5.26 Å². The molecule has 0 unspecified atom stereocenters. The largest absolute Gasteiger partial charge is 0.612 e. The summed E-state index contributed by atoms with van der Waals surface area (Å²) in [5, 5.41) is 23.8. The molecule has 0 fully saturated rings. The van der Waals surface area contributed by atoms with Crippen molar-refractivity contribution < 1.29 is 9.66 Å². The summed E-state index contributed by atoms with van der Waals surface area (Å²) in [4.78, 5) is 4.80. The van der Waals surface area contributed by atoms with E-state index in [1.807, 2.05) is 13.0 Å². The van der Waals surface area contributed by atoms with E-state index in [-0.39, 0.29) is 5.88 Å². The lowest BCUT2D eigenvalue weighted by molar-refractivity contribution is 0.430. The van der Waals surface area contributed by atoms with Crippen molar-refractivity contribution in [3.8, 4) is 17.8 Å². The van der Waals surface area contributed by atoms with E-state index < -0.39 is 11.2 Å². The molecular formula is C18H18N4O2S. The highest BCUT2D eigenvalue weighted by molar-refractivity contribution is 7.90. The van der Waals surface area contributed by atoms with Crippen molar-refractivity contribution in [2.75, 3.05) is 6.26 Å². The van der Waals surface area contributed by atoms with Crippen LogP contribution in [0.3, 0.4) is 0 Å². The van der Waals surface area contributed by atoms with Gasteiger partial charge in [-0.1, -0.05) is 18.7 Å². The second-order valence-corrected chi connectivity index (χ2v) is 6.67. The first-order valence-corrected chi connectivity index (χ1v) is 8.94. The highest BCUT2D eigenvalue weighted by atomic mass is 32.2. The summed E-state index contributed by atoms with van der Waals surface area (Å²) in [6, 6.07) is 5.35. The quantitative estimate of drug-likeness (QED) is 0.505. The fraction of sp³-hybridized carbons (Fsp3) is 0.167. The zero-order valence-electron chi connectivity index (χ0n) is 14.2. The van der Waals surface area contributed by atoms with Crippen LogP contribution in [0.4, 0.5) is 0 Å². The third-order valence-corrected chi connectivity index (χ3v) is 4.47. The lowest BCUT2D eigenvalue weighted by atomic mass is 10.1. The summed E-state index contributed by atoms with van der Waals surface area (Å²) in [7, 11) is 0. The first-order valence-electron chi connectivity index (χ1n) is 7.39. The number of hydrogen-bond acceptors (Lipinski definition) is 5. The fourth-order valence-corrected chi connectivity index (χ4v) is 2.71. The molecular weight excluding hydrogens is 336 g/mol. The Kier molecular flexibility index (Phi) is 5.80. The number of aromatic nitrogens is 3. The van der Waals surface area contributed by atoms with Crippen molar-refractivity contribution in [1.29, 1.82) is 5.26 Å². The topological polar surface area (TPSA) is 97.8 Å². The Labute approximate surface area is 149 Å². The molecule has 128 valence electrons. The van der Waals surface area contributed by atoms with E-state index in [0.717, 1.165) is 5.57 Å². The van der Waals surface area contributed by atoms with Gasteiger partial charge in [-0.25, -0.2) is 4.98 Å². The van der Waals surface area contributed by atoms with E-state index in [9.17, 15) is 9.66 Å². The van der Waals surface area contributed by atoms with E-state index >= 15 is 0 Å². The third kappa shape index (κ3) is 3.99. The minimum Gasteiger partial charge on any atom is -0.612 e. The lowest BCUT2D eigenvalue weighted by Crippen LogP contribution is -2.02. The molecule has 1 atom stereocenters. The van der Waals surface area contributed by atoms with Crippen molar-refractivity contribution in [2.24, 2.45) is 0 Å². The molecule has 0 aliphatic carbocycles. The summed E-state index contributed by atoms with van der Waals surface area (Å²) >= 11 is -1.12. The van der Waals surface area contributed by atoms with Crippen LogP contribution in [-0.4, -0.2) is 30.7 Å². The Balaban J connectivity index is 2.44. The Morgan fingerprint density at radius 3 is 2.68 bits per heavy atom. The summed E-state index contributed by atoms with van der Waals surface area (Å²) in [5.74, 6) is 0.378. The minimum atomic E-state index is -1.12. The number of hydrogen-bond donors (Lipinski definition) is 1. The van der Waals surface area contributed by atoms with E-state index in [0.29, 0.717) is 27.5 Å². The number of pyridine rings is 1. The van der Waals surface area contributed by atoms with Crippen LogP contribution in [0, 0.1) is 18.3 Å². The third-order valence-electron chi connectivity index (χ3n) is 3.56. The lowest BCUT2D eigenvalue weighted by Gasteiger charge is -2.06. The van der Waals surface area contributed by atoms with E-state index in [1.165, 1.54) is 17.0 Å². The maximum Gasteiger partial charge on any atom is 0.223 e.